The molecule has 129 heavy (non-hydrogen) atoms. The van der Waals surface area contributed by atoms with Crippen LogP contribution in [0.1, 0.15) is 386 Å². The Bertz CT molecular complexity index is 3540. The number of carbonyl (C=O) groups excluding carboxylic acids is 6. The van der Waals surface area contributed by atoms with Crippen LogP contribution in [0.2, 0.25) is 0 Å². The molecule has 0 bridgehead atoms. The van der Waals surface area contributed by atoms with Gasteiger partial charge in [0.05, 0.1) is 24.4 Å². The molecular formula is C111H178O18. The summed E-state index contributed by atoms with van der Waals surface area (Å²) in [6.45, 7) is 30.1. The van der Waals surface area contributed by atoms with Crippen LogP contribution in [0, 0.1) is 202 Å². The van der Waals surface area contributed by atoms with E-state index in [9.17, 15) is 49.5 Å². The minimum Gasteiger partial charge on any atom is -0.481 e. The van der Waals surface area contributed by atoms with E-state index in [4.69, 9.17) is 28.4 Å². The highest BCUT2D eigenvalue weighted by Gasteiger charge is 2.67. The van der Waals surface area contributed by atoms with Gasteiger partial charge in [0.1, 0.15) is 55.9 Å². The number of carboxylic acids is 1. The second kappa shape index (κ2) is 37.8. The standard InChI is InChI=1S/C111H178O18/c1-66(82-28-32-86-78-24-20-70-56-74(112)40-48-104(70,8)90(78)44-52-108(82,86)12)16-36-94(116)124-62-102(6,63-125-95(117)37-17-67(2)83-29-33-87-79-25-21-71-57-75(113)41-49-105(71,9)91(79)45-53-109(83,87)13)99(122)128-60-101(5,98(120)121)61-129-100(123)103(7,64-126-96(118)38-18-68(3)84-30-34-88-80-26-22-72-58-76(114)42-50-106(72,10)92(80)46-54-110(84,88)14)65-127-97(119)39-19-69(4)85-31-35-89-81-27-23-73-59-77(115)43-51-107(73,11)93(81)47-55-111(85,89)15/h66-93,112-115H,16-65H2,1-15H3,(H,120,121)/t66-,67-,68-,69-,70-,71-,72-,73-,74-,75-,76-,77-,78+,79+,80+,81+,82-,83-,84-,85-,86+,87+,88+,89+,90+,91+,92+,93+,104+,105+,106+,107+,108-,109-,110-,111-/m1/s1. The summed E-state index contributed by atoms with van der Waals surface area (Å²) >= 11 is 0. The van der Waals surface area contributed by atoms with Gasteiger partial charge < -0.3 is 54.0 Å². The molecule has 0 heterocycles. The Hall–Kier alpha value is -3.87. The zero-order chi connectivity index (χ0) is 92.3. The smallest absolute Gasteiger partial charge is 0.318 e. The monoisotopic (exact) mass is 1800 g/mol. The second-order valence-corrected chi connectivity index (χ2v) is 52.1. The largest absolute Gasteiger partial charge is 0.481 e. The molecule has 36 atom stereocenters. The predicted molar refractivity (Wildman–Crippen MR) is 496 cm³/mol. The lowest BCUT2D eigenvalue weighted by atomic mass is 9.44. The number of hydrogen-bond donors (Lipinski definition) is 5. The molecule has 16 saturated carbocycles. The third-order valence-electron chi connectivity index (χ3n) is 45.6. The third-order valence-corrected chi connectivity index (χ3v) is 45.6. The fourth-order valence-electron chi connectivity index (χ4n) is 37.6. The fourth-order valence-corrected chi connectivity index (χ4v) is 37.6. The molecule has 18 nitrogen and oxygen atoms in total. The molecule has 16 aliphatic rings. The van der Waals surface area contributed by atoms with Crippen LogP contribution in [-0.4, -0.2) is 131 Å². The van der Waals surface area contributed by atoms with Crippen LogP contribution < -0.4 is 0 Å². The van der Waals surface area contributed by atoms with Gasteiger partial charge in [-0.3, -0.25) is 33.6 Å². The first kappa shape index (κ1) is 98.2. The summed E-state index contributed by atoms with van der Waals surface area (Å²) in [6.07, 6.45) is 42.3. The van der Waals surface area contributed by atoms with E-state index in [2.05, 4.69) is 83.1 Å². The molecule has 0 unspecified atom stereocenters. The van der Waals surface area contributed by atoms with Gasteiger partial charge in [-0.15, -0.1) is 0 Å². The number of carboxylic acid groups (broad SMARTS) is 1. The number of hydrogen-bond acceptors (Lipinski definition) is 17. The van der Waals surface area contributed by atoms with E-state index in [1.807, 2.05) is 0 Å². The summed E-state index contributed by atoms with van der Waals surface area (Å²) in [7, 11) is 0. The predicted octanol–water partition coefficient (Wildman–Crippen LogP) is 22.1. The van der Waals surface area contributed by atoms with E-state index in [1.165, 1.54) is 149 Å². The van der Waals surface area contributed by atoms with Crippen LogP contribution in [0.3, 0.4) is 0 Å². The Labute approximate surface area is 777 Å². The van der Waals surface area contributed by atoms with Crippen LogP contribution in [0.5, 0.6) is 0 Å². The average molecular weight is 1800 g/mol. The number of fused-ring (bicyclic) bond motifs is 20. The van der Waals surface area contributed by atoms with Crippen molar-refractivity contribution < 1.29 is 87.5 Å². The molecule has 0 spiro atoms. The van der Waals surface area contributed by atoms with E-state index in [0.29, 0.717) is 144 Å². The highest BCUT2D eigenvalue weighted by Crippen LogP contribution is 2.74. The van der Waals surface area contributed by atoms with Gasteiger partial charge in [-0.05, 0) is 463 Å². The first-order chi connectivity index (χ1) is 61.0. The molecule has 0 amide bonds. The van der Waals surface area contributed by atoms with Gasteiger partial charge in [0.15, 0.2) is 0 Å². The van der Waals surface area contributed by atoms with Crippen molar-refractivity contribution in [3.63, 3.8) is 0 Å². The second-order valence-electron chi connectivity index (χ2n) is 52.1. The number of aliphatic carboxylic acids is 1. The number of esters is 6. The molecule has 0 aromatic rings. The number of carbonyl (C=O) groups is 7. The fraction of sp³-hybridized carbons (Fsp3) is 0.937. The summed E-state index contributed by atoms with van der Waals surface area (Å²) in [5.41, 5.74) is -3.91. The first-order valence-electron chi connectivity index (χ1n) is 53.9. The lowest BCUT2D eigenvalue weighted by Crippen LogP contribution is -2.54. The van der Waals surface area contributed by atoms with Crippen molar-refractivity contribution in [1.29, 1.82) is 0 Å². The zero-order valence-electron chi connectivity index (χ0n) is 83.1. The van der Waals surface area contributed by atoms with Gasteiger partial charge in [-0.2, -0.15) is 0 Å². The van der Waals surface area contributed by atoms with Crippen LogP contribution in [-0.2, 0) is 62.0 Å². The molecule has 0 saturated heterocycles. The molecule has 0 aromatic carbocycles. The van der Waals surface area contributed by atoms with E-state index in [-0.39, 0.29) is 117 Å². The molecule has 730 valence electrons. The van der Waals surface area contributed by atoms with Gasteiger partial charge in [-0.25, -0.2) is 0 Å². The molecule has 18 heteroatoms. The average Bonchev–Trinajstić information content (AvgIpc) is 1.66. The Balaban J connectivity index is 0.566. The van der Waals surface area contributed by atoms with Gasteiger partial charge in [-0.1, -0.05) is 83.1 Å². The molecular weight excluding hydrogens is 1620 g/mol. The Morgan fingerprint density at radius 3 is 0.690 bits per heavy atom. The van der Waals surface area contributed by atoms with Crippen LogP contribution in [0.4, 0.5) is 0 Å². The maximum Gasteiger partial charge on any atom is 0.318 e. The van der Waals surface area contributed by atoms with Gasteiger partial charge >= 0.3 is 41.8 Å². The molecule has 5 N–H and O–H groups in total. The lowest BCUT2D eigenvalue weighted by Gasteiger charge is -2.61. The summed E-state index contributed by atoms with van der Waals surface area (Å²) in [5, 5.41) is 54.0. The highest BCUT2D eigenvalue weighted by molar-refractivity contribution is 5.81. The molecule has 16 rings (SSSR count). The molecule has 16 aliphatic carbocycles. The molecule has 0 aromatic heterocycles. The normalized spacial score (nSPS) is 45.4. The van der Waals surface area contributed by atoms with Crippen molar-refractivity contribution in [3.05, 3.63) is 0 Å². The molecule has 0 radical (unpaired) electrons. The maximum absolute atomic E-state index is 15.1. The van der Waals surface area contributed by atoms with Gasteiger partial charge in [0.2, 0.25) is 0 Å². The van der Waals surface area contributed by atoms with Gasteiger partial charge in [0.25, 0.3) is 0 Å². The van der Waals surface area contributed by atoms with Crippen LogP contribution in [0.25, 0.3) is 0 Å². The van der Waals surface area contributed by atoms with Crippen molar-refractivity contribution in [3.8, 4) is 0 Å². The summed E-state index contributed by atoms with van der Waals surface area (Å²) < 4.78 is 36.5. The van der Waals surface area contributed by atoms with Crippen molar-refractivity contribution in [2.24, 2.45) is 202 Å². The maximum atomic E-state index is 15.1. The first-order valence-corrected chi connectivity index (χ1v) is 53.9. The summed E-state index contributed by atoms with van der Waals surface area (Å²) in [6, 6.07) is 0. The van der Waals surface area contributed by atoms with Crippen molar-refractivity contribution >= 4 is 41.8 Å². The van der Waals surface area contributed by atoms with Crippen molar-refractivity contribution in [1.82, 2.24) is 0 Å². The topological polar surface area (TPSA) is 276 Å². The minimum absolute atomic E-state index is 0.116. The highest BCUT2D eigenvalue weighted by atomic mass is 16.6. The Morgan fingerprint density at radius 1 is 0.271 bits per heavy atom. The molecule has 0 aliphatic heterocycles. The number of ether oxygens (including phenoxy) is 6. The zero-order valence-corrected chi connectivity index (χ0v) is 83.1. The van der Waals surface area contributed by atoms with E-state index < -0.39 is 97.7 Å². The SMILES string of the molecule is C[C@H](CCC(=O)OCC(C)(COC(=O)CC[C@@H](C)[C@H]1CC[C@H]2[C@@H]3CC[C@@H]4C[C@H](O)CC[C@]4(C)[C@H]3CC[C@]12C)C(=O)OCC(C)(COC(=O)C(C)(COC(=O)CC[C@@H](C)[C@H]1CC[C@H]2[C@@H]3CC[C@@H]4C[C@H](O)CC[C@]4(C)[C@H]3CC[C@]12C)COC(=O)CC[C@@H](C)[C@H]1CC[C@H]2[C@@H]3CC[C@@H]4C[C@H](O)CC[C@]4(C)[C@H]3CC[C@]12C)C(=O)O)[C@H]1CC[C@H]2[C@@H]3CC[C@@H]4C[C@H](O)CC[C@]4(C)[C@H]3CC[C@]12C. The lowest BCUT2D eigenvalue weighted by molar-refractivity contribution is -0.180. The molecule has 16 fully saturated rings. The summed E-state index contributed by atoms with van der Waals surface area (Å²) in [5.74, 6) is 7.60. The number of aliphatic hydroxyl groups is 4. The quantitative estimate of drug-likeness (QED) is 0.0319. The van der Waals surface area contributed by atoms with Gasteiger partial charge in [0, 0.05) is 25.7 Å². The Morgan fingerprint density at radius 2 is 0.473 bits per heavy atom. The van der Waals surface area contributed by atoms with E-state index in [1.54, 1.807) is 0 Å². The summed E-state index contributed by atoms with van der Waals surface area (Å²) in [4.78, 5) is 101. The van der Waals surface area contributed by atoms with Crippen LogP contribution in [0.15, 0.2) is 0 Å². The number of rotatable bonds is 31. The minimum atomic E-state index is -2.07. The van der Waals surface area contributed by atoms with Crippen molar-refractivity contribution in [2.45, 2.75) is 411 Å². The number of aliphatic hydroxyl groups excluding tert-OH is 4. The third kappa shape index (κ3) is 18.3. The van der Waals surface area contributed by atoms with E-state index in [0.717, 1.165) is 103 Å². The van der Waals surface area contributed by atoms with E-state index >= 15 is 9.59 Å². The van der Waals surface area contributed by atoms with Crippen LogP contribution >= 0.6 is 0 Å². The van der Waals surface area contributed by atoms with Crippen molar-refractivity contribution in [2.75, 3.05) is 39.6 Å². The Kier molecular flexibility index (Phi) is 28.8.